The summed E-state index contributed by atoms with van der Waals surface area (Å²) in [7, 11) is 0. The molecule has 1 heterocycles. The molecule has 1 fully saturated rings. The van der Waals surface area contributed by atoms with Crippen molar-refractivity contribution >= 4 is 0 Å². The molecule has 0 radical (unpaired) electrons. The van der Waals surface area contributed by atoms with E-state index in [2.05, 4.69) is 22.4 Å². The van der Waals surface area contributed by atoms with Crippen LogP contribution in [0.1, 0.15) is 18.4 Å². The quantitative estimate of drug-likeness (QED) is 0.607. The van der Waals surface area contributed by atoms with Crippen molar-refractivity contribution in [1.29, 1.82) is 0 Å². The Morgan fingerprint density at radius 2 is 2.00 bits per heavy atom. The molecule has 12 heavy (non-hydrogen) atoms. The third kappa shape index (κ3) is 2.80. The number of nitrogens with zero attached hydrogens (tertiary/aromatic N) is 1. The molecule has 1 aromatic rings. The van der Waals surface area contributed by atoms with E-state index in [0.717, 1.165) is 12.6 Å². The number of hydrogen-bond acceptors (Lipinski definition) is 2. The van der Waals surface area contributed by atoms with Gasteiger partial charge in [-0.2, -0.15) is 0 Å². The highest BCUT2D eigenvalue weighted by molar-refractivity contribution is 5.09. The first-order chi connectivity index (χ1) is 5.45. The maximum Gasteiger partial charge on any atom is 0.0271 e. The maximum atomic E-state index is 3.96. The van der Waals surface area contributed by atoms with E-state index < -0.39 is 0 Å². The Labute approximate surface area is 78.8 Å². The molecule has 0 amide bonds. The second-order valence-corrected chi connectivity index (χ2v) is 3.01. The molecule has 0 atom stereocenters. The van der Waals surface area contributed by atoms with Gasteiger partial charge in [-0.1, -0.05) is 0 Å². The summed E-state index contributed by atoms with van der Waals surface area (Å²) in [4.78, 5) is 3.96. The summed E-state index contributed by atoms with van der Waals surface area (Å²) >= 11 is 0. The highest BCUT2D eigenvalue weighted by Crippen LogP contribution is 2.18. The van der Waals surface area contributed by atoms with E-state index >= 15 is 0 Å². The standard InChI is InChI=1S/C9H12N2.ClH/c1-2-9(1)11-7-8-3-5-10-6-4-8;/h3-6,9,11H,1-2,7H2;1H/p-1. The molecule has 0 aliphatic heterocycles. The molecule has 2 nitrogen and oxygen atoms in total. The lowest BCUT2D eigenvalue weighted by atomic mass is 10.3. The molecule has 2 rings (SSSR count). The van der Waals surface area contributed by atoms with Crippen molar-refractivity contribution < 1.29 is 12.4 Å². The molecule has 0 bridgehead atoms. The van der Waals surface area contributed by atoms with Gasteiger partial charge in [-0.05, 0) is 30.5 Å². The van der Waals surface area contributed by atoms with Crippen LogP contribution in [0.4, 0.5) is 0 Å². The lowest BCUT2D eigenvalue weighted by molar-refractivity contribution is -0.00000238. The van der Waals surface area contributed by atoms with E-state index in [1.54, 1.807) is 0 Å². The molecular formula is C9H12ClN2-. The zero-order valence-electron chi connectivity index (χ0n) is 6.83. The molecule has 66 valence electrons. The molecule has 1 N–H and O–H groups in total. The second kappa shape index (κ2) is 4.43. The van der Waals surface area contributed by atoms with E-state index in [1.807, 2.05) is 12.4 Å². The fourth-order valence-electron chi connectivity index (χ4n) is 1.05. The van der Waals surface area contributed by atoms with Gasteiger partial charge in [0.2, 0.25) is 0 Å². The van der Waals surface area contributed by atoms with Crippen molar-refractivity contribution in [1.82, 2.24) is 10.3 Å². The van der Waals surface area contributed by atoms with Crippen molar-refractivity contribution in [2.24, 2.45) is 0 Å². The zero-order chi connectivity index (χ0) is 7.52. The van der Waals surface area contributed by atoms with Crippen molar-refractivity contribution in [2.45, 2.75) is 25.4 Å². The number of pyridine rings is 1. The van der Waals surface area contributed by atoms with Gasteiger partial charge < -0.3 is 17.7 Å². The van der Waals surface area contributed by atoms with Crippen LogP contribution in [0.3, 0.4) is 0 Å². The summed E-state index contributed by atoms with van der Waals surface area (Å²) in [6.07, 6.45) is 6.38. The Balaban J connectivity index is 0.000000720. The maximum absolute atomic E-state index is 3.96. The van der Waals surface area contributed by atoms with E-state index in [-0.39, 0.29) is 12.4 Å². The van der Waals surface area contributed by atoms with Crippen LogP contribution in [0, 0.1) is 0 Å². The van der Waals surface area contributed by atoms with Crippen LogP contribution in [0.15, 0.2) is 24.5 Å². The predicted octanol–water partition coefficient (Wildman–Crippen LogP) is -1.66. The Morgan fingerprint density at radius 3 is 2.58 bits per heavy atom. The third-order valence-electron chi connectivity index (χ3n) is 1.92. The number of halogens is 1. The highest BCUT2D eigenvalue weighted by Gasteiger charge is 2.19. The van der Waals surface area contributed by atoms with Gasteiger partial charge in [0, 0.05) is 25.0 Å². The molecule has 0 saturated heterocycles. The van der Waals surface area contributed by atoms with Gasteiger partial charge in [0.1, 0.15) is 0 Å². The summed E-state index contributed by atoms with van der Waals surface area (Å²) in [6.45, 7) is 0.993. The lowest BCUT2D eigenvalue weighted by Crippen LogP contribution is -3.00. The number of aromatic nitrogens is 1. The van der Waals surface area contributed by atoms with Gasteiger partial charge in [-0.3, -0.25) is 4.98 Å². The van der Waals surface area contributed by atoms with Crippen molar-refractivity contribution in [3.63, 3.8) is 0 Å². The molecule has 0 spiro atoms. The summed E-state index contributed by atoms with van der Waals surface area (Å²) in [5.41, 5.74) is 1.33. The van der Waals surface area contributed by atoms with Crippen LogP contribution < -0.4 is 17.7 Å². The fourth-order valence-corrected chi connectivity index (χ4v) is 1.05. The predicted molar refractivity (Wildman–Crippen MR) is 44.1 cm³/mol. The Bertz CT molecular complexity index is 221. The van der Waals surface area contributed by atoms with Gasteiger partial charge in [0.05, 0.1) is 0 Å². The van der Waals surface area contributed by atoms with E-state index in [9.17, 15) is 0 Å². The minimum atomic E-state index is 0. The molecular weight excluding hydrogens is 172 g/mol. The first-order valence-electron chi connectivity index (χ1n) is 4.07. The van der Waals surface area contributed by atoms with Gasteiger partial charge in [-0.15, -0.1) is 0 Å². The lowest BCUT2D eigenvalue weighted by Gasteiger charge is -2.00. The molecule has 0 unspecified atom stereocenters. The average Bonchev–Trinajstić information content (AvgIpc) is 2.86. The van der Waals surface area contributed by atoms with Crippen LogP contribution in [-0.2, 0) is 6.54 Å². The summed E-state index contributed by atoms with van der Waals surface area (Å²) in [6, 6.07) is 4.90. The van der Waals surface area contributed by atoms with E-state index in [0.29, 0.717) is 0 Å². The number of nitrogens with one attached hydrogen (secondary N) is 1. The monoisotopic (exact) mass is 183 g/mol. The molecule has 1 saturated carbocycles. The minimum Gasteiger partial charge on any atom is -1.00 e. The zero-order valence-corrected chi connectivity index (χ0v) is 7.59. The molecule has 1 aliphatic rings. The largest absolute Gasteiger partial charge is 1.00 e. The summed E-state index contributed by atoms with van der Waals surface area (Å²) in [5, 5.41) is 3.45. The Kier molecular flexibility index (Phi) is 3.50. The molecule has 0 aromatic carbocycles. The molecule has 1 aliphatic carbocycles. The van der Waals surface area contributed by atoms with Gasteiger partial charge in [-0.25, -0.2) is 0 Å². The van der Waals surface area contributed by atoms with Crippen molar-refractivity contribution in [2.75, 3.05) is 0 Å². The van der Waals surface area contributed by atoms with Crippen molar-refractivity contribution in [3.8, 4) is 0 Å². The topological polar surface area (TPSA) is 24.9 Å². The van der Waals surface area contributed by atoms with Gasteiger partial charge in [0.25, 0.3) is 0 Å². The van der Waals surface area contributed by atoms with Crippen LogP contribution >= 0.6 is 0 Å². The van der Waals surface area contributed by atoms with Crippen LogP contribution in [0.5, 0.6) is 0 Å². The third-order valence-corrected chi connectivity index (χ3v) is 1.92. The highest BCUT2D eigenvalue weighted by atomic mass is 35.5. The summed E-state index contributed by atoms with van der Waals surface area (Å²) < 4.78 is 0. The minimum absolute atomic E-state index is 0. The Morgan fingerprint density at radius 1 is 1.33 bits per heavy atom. The smallest absolute Gasteiger partial charge is 0.0271 e. The summed E-state index contributed by atoms with van der Waals surface area (Å²) in [5.74, 6) is 0. The van der Waals surface area contributed by atoms with Crippen LogP contribution in [-0.4, -0.2) is 11.0 Å². The van der Waals surface area contributed by atoms with E-state index in [1.165, 1.54) is 18.4 Å². The SMILES string of the molecule is [Cl-].c1cc(CNC2CC2)ccn1. The van der Waals surface area contributed by atoms with Crippen LogP contribution in [0.2, 0.25) is 0 Å². The van der Waals surface area contributed by atoms with Gasteiger partial charge >= 0.3 is 0 Å². The number of hydrogen-bond donors (Lipinski definition) is 1. The van der Waals surface area contributed by atoms with E-state index in [4.69, 9.17) is 0 Å². The molecule has 1 aromatic heterocycles. The van der Waals surface area contributed by atoms with Gasteiger partial charge in [0.15, 0.2) is 0 Å². The first kappa shape index (κ1) is 9.49. The average molecular weight is 184 g/mol. The fraction of sp³-hybridized carbons (Fsp3) is 0.444. The first-order valence-corrected chi connectivity index (χ1v) is 4.07. The number of rotatable bonds is 3. The normalized spacial score (nSPS) is 15.3. The van der Waals surface area contributed by atoms with Crippen molar-refractivity contribution in [3.05, 3.63) is 30.1 Å². The Hall–Kier alpha value is -0.600. The van der Waals surface area contributed by atoms with Crippen LogP contribution in [0.25, 0.3) is 0 Å². The molecule has 3 heteroatoms. The second-order valence-electron chi connectivity index (χ2n) is 3.01.